The molecule has 2 aliphatic rings. The first-order valence-corrected chi connectivity index (χ1v) is 9.70. The Bertz CT molecular complexity index is 584. The number of nitrogens with zero attached hydrogens (tertiary/aromatic N) is 3. The second-order valence-corrected chi connectivity index (χ2v) is 7.23. The molecule has 1 aromatic carbocycles. The van der Waals surface area contributed by atoms with E-state index >= 15 is 0 Å². The smallest absolute Gasteiger partial charge is 0.324 e. The van der Waals surface area contributed by atoms with Crippen LogP contribution in [0.5, 0.6) is 0 Å². The summed E-state index contributed by atoms with van der Waals surface area (Å²) in [6.07, 6.45) is 3.61. The number of carbonyl (C=O) groups is 1. The van der Waals surface area contributed by atoms with Crippen LogP contribution in [0.2, 0.25) is 0 Å². The number of amides is 2. The maximum Gasteiger partial charge on any atom is 0.324 e. The van der Waals surface area contributed by atoms with Crippen molar-refractivity contribution in [3.8, 4) is 0 Å². The van der Waals surface area contributed by atoms with Crippen LogP contribution in [0.25, 0.3) is 0 Å². The van der Waals surface area contributed by atoms with Crippen molar-refractivity contribution in [2.24, 2.45) is 0 Å². The molecule has 1 fully saturated rings. The van der Waals surface area contributed by atoms with Crippen molar-refractivity contribution in [1.82, 2.24) is 9.80 Å². The summed E-state index contributed by atoms with van der Waals surface area (Å²) in [6, 6.07) is 8.76. The van der Waals surface area contributed by atoms with E-state index in [-0.39, 0.29) is 12.1 Å². The first-order valence-electron chi connectivity index (χ1n) is 9.70. The van der Waals surface area contributed by atoms with E-state index in [0.29, 0.717) is 12.6 Å². The van der Waals surface area contributed by atoms with Gasteiger partial charge in [0.15, 0.2) is 0 Å². The minimum absolute atomic E-state index is 0.148. The fraction of sp³-hybridized carbons (Fsp3) is 0.650. The van der Waals surface area contributed by atoms with Crippen molar-refractivity contribution in [2.45, 2.75) is 51.7 Å². The summed E-state index contributed by atoms with van der Waals surface area (Å²) in [5, 5.41) is 9.83. The molecule has 1 aromatic rings. The third-order valence-corrected chi connectivity index (χ3v) is 5.62. The predicted molar refractivity (Wildman–Crippen MR) is 101 cm³/mol. The summed E-state index contributed by atoms with van der Waals surface area (Å²) >= 11 is 0. The highest BCUT2D eigenvalue weighted by Gasteiger charge is 2.33. The molecule has 0 saturated carbocycles. The third-order valence-electron chi connectivity index (χ3n) is 5.62. The fourth-order valence-corrected chi connectivity index (χ4v) is 3.95. The van der Waals surface area contributed by atoms with Gasteiger partial charge < -0.3 is 10.0 Å². The first-order chi connectivity index (χ1) is 12.1. The number of hydrogen-bond donors (Lipinski definition) is 1. The zero-order valence-corrected chi connectivity index (χ0v) is 15.5. The van der Waals surface area contributed by atoms with E-state index in [9.17, 15) is 9.90 Å². The van der Waals surface area contributed by atoms with Gasteiger partial charge in [0.05, 0.1) is 6.10 Å². The highest BCUT2D eigenvalue weighted by Crippen LogP contribution is 2.32. The highest BCUT2D eigenvalue weighted by atomic mass is 16.3. The van der Waals surface area contributed by atoms with Gasteiger partial charge in [-0.05, 0) is 37.3 Å². The Morgan fingerprint density at radius 2 is 1.92 bits per heavy atom. The summed E-state index contributed by atoms with van der Waals surface area (Å²) < 4.78 is 0. The molecular weight excluding hydrogens is 314 g/mol. The van der Waals surface area contributed by atoms with Crippen LogP contribution in [0.15, 0.2) is 24.3 Å². The molecule has 0 aromatic heterocycles. The molecule has 0 radical (unpaired) electrons. The summed E-state index contributed by atoms with van der Waals surface area (Å²) in [7, 11) is 0. The van der Waals surface area contributed by atoms with Gasteiger partial charge in [-0.15, -0.1) is 0 Å². The number of carbonyl (C=O) groups excluding carboxylic acids is 1. The largest absolute Gasteiger partial charge is 0.392 e. The molecule has 2 amide bonds. The Hall–Kier alpha value is -1.59. The average molecular weight is 345 g/mol. The van der Waals surface area contributed by atoms with Crippen LogP contribution in [0.3, 0.4) is 0 Å². The second kappa shape index (κ2) is 8.19. The molecule has 138 valence electrons. The van der Waals surface area contributed by atoms with Gasteiger partial charge >= 0.3 is 6.03 Å². The number of piperazine rings is 1. The zero-order valence-electron chi connectivity index (χ0n) is 15.5. The van der Waals surface area contributed by atoms with E-state index in [4.69, 9.17) is 0 Å². The average Bonchev–Trinajstić information content (AvgIpc) is 2.67. The van der Waals surface area contributed by atoms with Crippen LogP contribution in [0.1, 0.15) is 38.7 Å². The van der Waals surface area contributed by atoms with E-state index in [1.165, 1.54) is 5.56 Å². The number of aliphatic hydroxyl groups is 1. The van der Waals surface area contributed by atoms with Gasteiger partial charge in [-0.2, -0.15) is 0 Å². The number of rotatable bonds is 4. The highest BCUT2D eigenvalue weighted by molar-refractivity contribution is 5.94. The van der Waals surface area contributed by atoms with Crippen LogP contribution >= 0.6 is 0 Å². The minimum atomic E-state index is -0.263. The summed E-state index contributed by atoms with van der Waals surface area (Å²) in [5.74, 6) is 0. The van der Waals surface area contributed by atoms with Gasteiger partial charge in [0, 0.05) is 44.5 Å². The Morgan fingerprint density at radius 3 is 2.60 bits per heavy atom. The summed E-state index contributed by atoms with van der Waals surface area (Å²) in [4.78, 5) is 19.5. The number of para-hydroxylation sites is 1. The number of benzene rings is 1. The molecular formula is C20H31N3O2. The lowest BCUT2D eigenvalue weighted by Gasteiger charge is -2.42. The lowest BCUT2D eigenvalue weighted by Crippen LogP contribution is -2.56. The van der Waals surface area contributed by atoms with Crippen LogP contribution in [0, 0.1) is 0 Å². The van der Waals surface area contributed by atoms with Crippen LogP contribution < -0.4 is 4.90 Å². The molecule has 1 N–H and O–H groups in total. The Balaban J connectivity index is 1.68. The lowest BCUT2D eigenvalue weighted by molar-refractivity contribution is 0.0798. The molecule has 5 heteroatoms. The number of aryl methyl sites for hydroxylation is 1. The molecule has 5 nitrogen and oxygen atoms in total. The topological polar surface area (TPSA) is 47.0 Å². The molecule has 2 aliphatic heterocycles. The molecule has 3 rings (SSSR count). The van der Waals surface area contributed by atoms with Crippen molar-refractivity contribution in [2.75, 3.05) is 37.6 Å². The predicted octanol–water partition coefficient (Wildman–Crippen LogP) is 2.73. The van der Waals surface area contributed by atoms with Crippen LogP contribution in [-0.2, 0) is 6.42 Å². The quantitative estimate of drug-likeness (QED) is 0.913. The van der Waals surface area contributed by atoms with Gasteiger partial charge in [0.25, 0.3) is 0 Å². The number of aliphatic hydroxyl groups excluding tert-OH is 1. The third kappa shape index (κ3) is 3.98. The number of β-amino-alcohol motifs (C(OH)–C–C–N with tert-alkyl or cyclic N) is 1. The number of hydrogen-bond acceptors (Lipinski definition) is 3. The fourth-order valence-electron chi connectivity index (χ4n) is 3.95. The molecule has 0 bridgehead atoms. The molecule has 2 heterocycles. The molecule has 25 heavy (non-hydrogen) atoms. The van der Waals surface area contributed by atoms with Crippen molar-refractivity contribution in [1.29, 1.82) is 0 Å². The number of anilines is 1. The molecule has 0 aliphatic carbocycles. The van der Waals surface area contributed by atoms with Crippen LogP contribution in [0.4, 0.5) is 10.5 Å². The van der Waals surface area contributed by atoms with Crippen molar-refractivity contribution in [3.05, 3.63) is 29.8 Å². The molecule has 2 atom stereocenters. The van der Waals surface area contributed by atoms with E-state index in [1.807, 2.05) is 22.8 Å². The Morgan fingerprint density at radius 1 is 1.20 bits per heavy atom. The van der Waals surface area contributed by atoms with Crippen molar-refractivity contribution >= 4 is 11.7 Å². The SMILES string of the molecule is CC[C@H](O)CN1CCN(C(=O)N2c3ccccc3CC[C@H]2CC)CC1. The number of urea groups is 1. The molecule has 0 spiro atoms. The van der Waals surface area contributed by atoms with Crippen molar-refractivity contribution in [3.63, 3.8) is 0 Å². The normalized spacial score (nSPS) is 22.6. The Kier molecular flexibility index (Phi) is 5.97. The van der Waals surface area contributed by atoms with E-state index in [0.717, 1.165) is 57.5 Å². The van der Waals surface area contributed by atoms with Crippen molar-refractivity contribution < 1.29 is 9.90 Å². The van der Waals surface area contributed by atoms with E-state index < -0.39 is 0 Å². The standard InChI is InChI=1S/C20H31N3O2/c1-3-17-10-9-16-7-5-6-8-19(16)23(17)20(25)22-13-11-21(12-14-22)15-18(24)4-2/h5-8,17-18,24H,3-4,9-15H2,1-2H3/t17-,18+/m1/s1. The zero-order chi connectivity index (χ0) is 17.8. The molecule has 0 unspecified atom stereocenters. The second-order valence-electron chi connectivity index (χ2n) is 7.23. The van der Waals surface area contributed by atoms with E-state index in [2.05, 4.69) is 30.0 Å². The molecule has 1 saturated heterocycles. The maximum absolute atomic E-state index is 13.3. The van der Waals surface area contributed by atoms with Gasteiger partial charge in [0.1, 0.15) is 0 Å². The lowest BCUT2D eigenvalue weighted by atomic mass is 9.94. The number of fused-ring (bicyclic) bond motifs is 1. The summed E-state index contributed by atoms with van der Waals surface area (Å²) in [6.45, 7) is 8.05. The summed E-state index contributed by atoms with van der Waals surface area (Å²) in [5.41, 5.74) is 2.37. The first kappa shape index (κ1) is 18.2. The van der Waals surface area contributed by atoms with Gasteiger partial charge in [0.2, 0.25) is 0 Å². The van der Waals surface area contributed by atoms with E-state index in [1.54, 1.807) is 0 Å². The monoisotopic (exact) mass is 345 g/mol. The minimum Gasteiger partial charge on any atom is -0.392 e. The Labute approximate surface area is 151 Å². The van der Waals surface area contributed by atoms with Crippen LogP contribution in [-0.4, -0.2) is 65.8 Å². The van der Waals surface area contributed by atoms with Gasteiger partial charge in [-0.1, -0.05) is 32.0 Å². The van der Waals surface area contributed by atoms with Gasteiger partial charge in [-0.3, -0.25) is 9.80 Å². The maximum atomic E-state index is 13.3. The van der Waals surface area contributed by atoms with Gasteiger partial charge in [-0.25, -0.2) is 4.79 Å².